The van der Waals surface area contributed by atoms with Crippen LogP contribution in [0.25, 0.3) is 0 Å². The predicted molar refractivity (Wildman–Crippen MR) is 70.5 cm³/mol. The van der Waals surface area contributed by atoms with Crippen LogP contribution >= 0.6 is 0 Å². The van der Waals surface area contributed by atoms with Gasteiger partial charge in [-0.05, 0) is 32.6 Å². The number of nitrogens with zero attached hydrogens (tertiary/aromatic N) is 4. The molecule has 2 amide bonds. The number of hydrogen-bond acceptors (Lipinski definition) is 4. The van der Waals surface area contributed by atoms with E-state index < -0.39 is 0 Å². The minimum atomic E-state index is -0.339. The lowest BCUT2D eigenvalue weighted by Crippen LogP contribution is -2.59. The SMILES string of the molecule is CC(C)n1ncnc1CN1C(=O)CNC(=O)C1C1CC1. The first-order valence-corrected chi connectivity index (χ1v) is 7.03. The third-order valence-electron chi connectivity index (χ3n) is 3.86. The van der Waals surface area contributed by atoms with Crippen molar-refractivity contribution in [1.82, 2.24) is 25.0 Å². The summed E-state index contributed by atoms with van der Waals surface area (Å²) in [7, 11) is 0. The van der Waals surface area contributed by atoms with Gasteiger partial charge in [0, 0.05) is 6.04 Å². The Morgan fingerprint density at radius 3 is 2.80 bits per heavy atom. The largest absolute Gasteiger partial charge is 0.345 e. The summed E-state index contributed by atoms with van der Waals surface area (Å²) >= 11 is 0. The van der Waals surface area contributed by atoms with E-state index in [0.29, 0.717) is 12.5 Å². The van der Waals surface area contributed by atoms with Crippen LogP contribution in [0.4, 0.5) is 0 Å². The number of carbonyl (C=O) groups is 2. The molecule has 2 heterocycles. The quantitative estimate of drug-likeness (QED) is 0.846. The second-order valence-electron chi connectivity index (χ2n) is 5.74. The second kappa shape index (κ2) is 4.88. The van der Waals surface area contributed by atoms with Gasteiger partial charge in [-0.25, -0.2) is 9.67 Å². The summed E-state index contributed by atoms with van der Waals surface area (Å²) in [4.78, 5) is 30.1. The number of rotatable bonds is 4. The molecule has 1 aliphatic carbocycles. The van der Waals surface area contributed by atoms with Crippen LogP contribution in [-0.4, -0.2) is 44.1 Å². The van der Waals surface area contributed by atoms with Gasteiger partial charge in [0.05, 0.1) is 13.1 Å². The van der Waals surface area contributed by atoms with Crippen LogP contribution in [0.3, 0.4) is 0 Å². The van der Waals surface area contributed by atoms with Gasteiger partial charge in [-0.15, -0.1) is 0 Å². The van der Waals surface area contributed by atoms with Crippen LogP contribution in [0.5, 0.6) is 0 Å². The minimum absolute atomic E-state index is 0.0392. The lowest BCUT2D eigenvalue weighted by molar-refractivity contribution is -0.147. The van der Waals surface area contributed by atoms with Crippen LogP contribution < -0.4 is 5.32 Å². The fourth-order valence-corrected chi connectivity index (χ4v) is 2.70. The zero-order valence-corrected chi connectivity index (χ0v) is 11.7. The van der Waals surface area contributed by atoms with Crippen LogP contribution in [-0.2, 0) is 16.1 Å². The highest BCUT2D eigenvalue weighted by atomic mass is 16.2. The number of hydrogen-bond donors (Lipinski definition) is 1. The first-order valence-electron chi connectivity index (χ1n) is 7.03. The molecule has 0 bridgehead atoms. The monoisotopic (exact) mass is 277 g/mol. The lowest BCUT2D eigenvalue weighted by Gasteiger charge is -2.34. The smallest absolute Gasteiger partial charge is 0.243 e. The summed E-state index contributed by atoms with van der Waals surface area (Å²) < 4.78 is 1.80. The molecule has 0 spiro atoms. The van der Waals surface area contributed by atoms with E-state index in [2.05, 4.69) is 15.4 Å². The van der Waals surface area contributed by atoms with Crippen molar-refractivity contribution < 1.29 is 9.59 Å². The van der Waals surface area contributed by atoms with Crippen LogP contribution in [0.1, 0.15) is 38.6 Å². The molecule has 1 saturated carbocycles. The molecule has 1 aliphatic heterocycles. The maximum absolute atomic E-state index is 12.1. The van der Waals surface area contributed by atoms with Crippen molar-refractivity contribution in [3.05, 3.63) is 12.2 Å². The molecule has 20 heavy (non-hydrogen) atoms. The minimum Gasteiger partial charge on any atom is -0.345 e. The molecule has 0 radical (unpaired) electrons. The van der Waals surface area contributed by atoms with Crippen molar-refractivity contribution in [1.29, 1.82) is 0 Å². The van der Waals surface area contributed by atoms with Gasteiger partial charge in [0.25, 0.3) is 0 Å². The Kier molecular flexibility index (Phi) is 3.19. The van der Waals surface area contributed by atoms with Gasteiger partial charge >= 0.3 is 0 Å². The molecule has 1 N–H and O–H groups in total. The first-order chi connectivity index (χ1) is 9.58. The van der Waals surface area contributed by atoms with E-state index in [1.54, 1.807) is 9.58 Å². The fourth-order valence-electron chi connectivity index (χ4n) is 2.70. The molecule has 1 aromatic rings. The van der Waals surface area contributed by atoms with Crippen LogP contribution in [0.2, 0.25) is 0 Å². The summed E-state index contributed by atoms with van der Waals surface area (Å²) in [5.41, 5.74) is 0. The fraction of sp³-hybridized carbons (Fsp3) is 0.692. The number of piperazine rings is 1. The predicted octanol–water partition coefficient (Wildman–Crippen LogP) is 0.0960. The average molecular weight is 277 g/mol. The van der Waals surface area contributed by atoms with Gasteiger partial charge in [0.2, 0.25) is 11.8 Å². The van der Waals surface area contributed by atoms with Gasteiger partial charge in [0.15, 0.2) is 0 Å². The van der Waals surface area contributed by atoms with Crippen molar-refractivity contribution >= 4 is 11.8 Å². The van der Waals surface area contributed by atoms with Gasteiger partial charge in [-0.2, -0.15) is 5.10 Å². The van der Waals surface area contributed by atoms with Gasteiger partial charge in [0.1, 0.15) is 18.2 Å². The van der Waals surface area contributed by atoms with Gasteiger partial charge < -0.3 is 10.2 Å². The number of nitrogens with one attached hydrogen (secondary N) is 1. The van der Waals surface area contributed by atoms with Crippen LogP contribution in [0, 0.1) is 5.92 Å². The van der Waals surface area contributed by atoms with Gasteiger partial charge in [-0.3, -0.25) is 9.59 Å². The number of amides is 2. The Morgan fingerprint density at radius 2 is 2.15 bits per heavy atom. The average Bonchev–Trinajstić information content (AvgIpc) is 3.12. The van der Waals surface area contributed by atoms with Gasteiger partial charge in [-0.1, -0.05) is 0 Å². The maximum Gasteiger partial charge on any atom is 0.243 e. The molecule has 7 nitrogen and oxygen atoms in total. The molecule has 1 saturated heterocycles. The molecular weight excluding hydrogens is 258 g/mol. The summed E-state index contributed by atoms with van der Waals surface area (Å²) in [6.45, 7) is 4.46. The topological polar surface area (TPSA) is 80.1 Å². The Labute approximate surface area is 117 Å². The Balaban J connectivity index is 1.84. The van der Waals surface area contributed by atoms with Crippen molar-refractivity contribution in [2.45, 2.75) is 45.3 Å². The molecule has 1 aromatic heterocycles. The van der Waals surface area contributed by atoms with E-state index in [1.807, 2.05) is 13.8 Å². The third kappa shape index (κ3) is 2.28. The maximum atomic E-state index is 12.1. The van der Waals surface area contributed by atoms with Crippen molar-refractivity contribution in [3.8, 4) is 0 Å². The molecule has 3 rings (SSSR count). The van der Waals surface area contributed by atoms with Crippen molar-refractivity contribution in [2.75, 3.05) is 6.54 Å². The highest BCUT2D eigenvalue weighted by Crippen LogP contribution is 2.36. The zero-order chi connectivity index (χ0) is 14.3. The summed E-state index contributed by atoms with van der Waals surface area (Å²) in [5, 5.41) is 6.86. The van der Waals surface area contributed by atoms with E-state index >= 15 is 0 Å². The molecule has 0 aromatic carbocycles. The highest BCUT2D eigenvalue weighted by Gasteiger charge is 2.44. The second-order valence-corrected chi connectivity index (χ2v) is 5.74. The molecular formula is C13H19N5O2. The molecule has 2 fully saturated rings. The summed E-state index contributed by atoms with van der Waals surface area (Å²) in [6, 6.07) is -0.158. The van der Waals surface area contributed by atoms with E-state index in [0.717, 1.165) is 18.7 Å². The Morgan fingerprint density at radius 1 is 1.40 bits per heavy atom. The standard InChI is InChI=1S/C13H19N5O2/c1-8(2)18-10(15-7-16-18)6-17-11(19)5-14-13(20)12(17)9-3-4-9/h7-9,12H,3-6H2,1-2H3,(H,14,20). The molecule has 1 atom stereocenters. The molecule has 1 unspecified atom stereocenters. The van der Waals surface area contributed by atoms with E-state index in [1.165, 1.54) is 6.33 Å². The summed E-state index contributed by atoms with van der Waals surface area (Å²) in [5.74, 6) is 0.950. The van der Waals surface area contributed by atoms with E-state index in [9.17, 15) is 9.59 Å². The highest BCUT2D eigenvalue weighted by molar-refractivity contribution is 5.95. The van der Waals surface area contributed by atoms with Crippen molar-refractivity contribution in [2.24, 2.45) is 5.92 Å². The third-order valence-corrected chi connectivity index (χ3v) is 3.86. The Hall–Kier alpha value is -1.92. The van der Waals surface area contributed by atoms with E-state index in [4.69, 9.17) is 0 Å². The molecule has 2 aliphatic rings. The summed E-state index contributed by atoms with van der Waals surface area (Å²) in [6.07, 6.45) is 3.52. The molecule has 7 heteroatoms. The Bertz CT molecular complexity index is 535. The zero-order valence-electron chi connectivity index (χ0n) is 11.7. The normalized spacial score (nSPS) is 23.4. The first kappa shape index (κ1) is 13.1. The van der Waals surface area contributed by atoms with E-state index in [-0.39, 0.29) is 30.4 Å². The number of aromatic nitrogens is 3. The number of carbonyl (C=O) groups excluding carboxylic acids is 2. The van der Waals surface area contributed by atoms with Crippen molar-refractivity contribution in [3.63, 3.8) is 0 Å². The van der Waals surface area contributed by atoms with Crippen LogP contribution in [0.15, 0.2) is 6.33 Å². The lowest BCUT2D eigenvalue weighted by atomic mass is 10.1. The molecule has 108 valence electrons.